The molecule has 2 heterocycles. The van der Waals surface area contributed by atoms with Crippen LogP contribution >= 0.6 is 0 Å². The average molecular weight is 605 g/mol. The standard InChI is InChI=1S/C36H60O7/c1-4-5-6-7-8-9-10-15-20-31(40-28-37-2)33-22-24-35(42-33)36-25-23-34(43-36)32(41-29-38-3)21-16-12-17-26-39-27-30-18-13-11-14-19-30/h11,13-14,16,18-19,21,31-36H,4-10,12,15,17,20,22-29H2,1-3H3/b21-16+/t31-,32-,33-,34-,35-,36-/m1/s1. The van der Waals surface area contributed by atoms with Gasteiger partial charge in [-0.05, 0) is 50.5 Å². The first-order chi connectivity index (χ1) is 21.2. The van der Waals surface area contributed by atoms with Gasteiger partial charge in [0.1, 0.15) is 19.7 Å². The molecule has 0 bridgehead atoms. The maximum Gasteiger partial charge on any atom is 0.147 e. The lowest BCUT2D eigenvalue weighted by molar-refractivity contribution is -0.151. The summed E-state index contributed by atoms with van der Waals surface area (Å²) in [5, 5.41) is 0. The van der Waals surface area contributed by atoms with E-state index in [4.69, 9.17) is 33.2 Å². The van der Waals surface area contributed by atoms with Gasteiger partial charge in [0.05, 0.1) is 37.1 Å². The second-order valence-electron chi connectivity index (χ2n) is 12.1. The topological polar surface area (TPSA) is 64.6 Å². The van der Waals surface area contributed by atoms with Gasteiger partial charge in [-0.25, -0.2) is 0 Å². The summed E-state index contributed by atoms with van der Waals surface area (Å²) in [6.45, 7) is 4.23. The van der Waals surface area contributed by atoms with E-state index in [1.807, 2.05) is 18.2 Å². The van der Waals surface area contributed by atoms with E-state index < -0.39 is 0 Å². The van der Waals surface area contributed by atoms with E-state index in [0.29, 0.717) is 13.4 Å². The van der Waals surface area contributed by atoms with Crippen LogP contribution in [0.3, 0.4) is 0 Å². The van der Waals surface area contributed by atoms with E-state index in [2.05, 4.69) is 31.2 Å². The first-order valence-electron chi connectivity index (χ1n) is 17.1. The Morgan fingerprint density at radius 2 is 1.42 bits per heavy atom. The van der Waals surface area contributed by atoms with Crippen molar-refractivity contribution in [2.24, 2.45) is 0 Å². The van der Waals surface area contributed by atoms with Crippen LogP contribution in [-0.2, 0) is 39.8 Å². The predicted molar refractivity (Wildman–Crippen MR) is 171 cm³/mol. The van der Waals surface area contributed by atoms with Gasteiger partial charge in [-0.15, -0.1) is 0 Å². The molecule has 0 radical (unpaired) electrons. The summed E-state index contributed by atoms with van der Waals surface area (Å²) >= 11 is 0. The molecule has 1 aromatic carbocycles. The summed E-state index contributed by atoms with van der Waals surface area (Å²) in [6, 6.07) is 10.3. The minimum Gasteiger partial charge on any atom is -0.377 e. The third-order valence-electron chi connectivity index (χ3n) is 8.58. The molecular formula is C36H60O7. The van der Waals surface area contributed by atoms with Gasteiger partial charge in [-0.2, -0.15) is 0 Å². The van der Waals surface area contributed by atoms with Crippen LogP contribution in [0.2, 0.25) is 0 Å². The van der Waals surface area contributed by atoms with Crippen molar-refractivity contribution in [2.45, 2.75) is 146 Å². The zero-order chi connectivity index (χ0) is 30.4. The number of unbranched alkanes of at least 4 members (excludes halogenated alkanes) is 8. The molecule has 0 aromatic heterocycles. The highest BCUT2D eigenvalue weighted by Crippen LogP contribution is 2.35. The number of rotatable bonds is 25. The SMILES string of the molecule is CCCCCCCCCC[C@@H](OCOC)[C@H]1CC[C@H]([C@H]2CC[C@H]([C@@H](/C=C/CCCOCc3ccccc3)OCOC)O2)O1. The predicted octanol–water partition coefficient (Wildman–Crippen LogP) is 8.14. The van der Waals surface area contributed by atoms with E-state index in [1.165, 1.54) is 56.9 Å². The van der Waals surface area contributed by atoms with Crippen LogP contribution in [0.15, 0.2) is 42.5 Å². The monoisotopic (exact) mass is 604 g/mol. The molecule has 7 nitrogen and oxygen atoms in total. The van der Waals surface area contributed by atoms with Crippen molar-refractivity contribution in [2.75, 3.05) is 34.4 Å². The minimum absolute atomic E-state index is 0.00578. The molecule has 3 rings (SSSR count). The Labute approximate surface area is 261 Å². The number of hydrogen-bond acceptors (Lipinski definition) is 7. The molecule has 0 saturated carbocycles. The third-order valence-corrected chi connectivity index (χ3v) is 8.58. The number of methoxy groups -OCH3 is 2. The van der Waals surface area contributed by atoms with Crippen LogP contribution in [0.4, 0.5) is 0 Å². The summed E-state index contributed by atoms with van der Waals surface area (Å²) in [4.78, 5) is 0. The van der Waals surface area contributed by atoms with E-state index in [1.54, 1.807) is 14.2 Å². The molecule has 0 N–H and O–H groups in total. The van der Waals surface area contributed by atoms with Crippen molar-refractivity contribution in [3.8, 4) is 0 Å². The van der Waals surface area contributed by atoms with Crippen molar-refractivity contribution in [1.29, 1.82) is 0 Å². The summed E-state index contributed by atoms with van der Waals surface area (Å²) < 4.78 is 41.6. The molecule has 43 heavy (non-hydrogen) atoms. The van der Waals surface area contributed by atoms with Gasteiger partial charge in [-0.1, -0.05) is 101 Å². The van der Waals surface area contributed by atoms with Crippen LogP contribution in [0.25, 0.3) is 0 Å². The van der Waals surface area contributed by atoms with Crippen LogP contribution in [0.5, 0.6) is 0 Å². The lowest BCUT2D eigenvalue weighted by Crippen LogP contribution is -2.34. The van der Waals surface area contributed by atoms with Crippen LogP contribution in [-0.4, -0.2) is 71.0 Å². The quantitative estimate of drug-likeness (QED) is 0.0634. The normalized spacial score (nSPS) is 23.8. The Hall–Kier alpha value is -1.32. The van der Waals surface area contributed by atoms with E-state index >= 15 is 0 Å². The second kappa shape index (κ2) is 23.1. The van der Waals surface area contributed by atoms with Crippen molar-refractivity contribution < 1.29 is 33.2 Å². The Balaban J connectivity index is 1.37. The lowest BCUT2D eigenvalue weighted by atomic mass is 10.0. The summed E-state index contributed by atoms with van der Waals surface area (Å²) in [5.41, 5.74) is 1.21. The van der Waals surface area contributed by atoms with Gasteiger partial charge in [0.15, 0.2) is 0 Å². The Bertz CT molecular complexity index is 819. The maximum atomic E-state index is 6.60. The van der Waals surface area contributed by atoms with E-state index in [9.17, 15) is 0 Å². The highest BCUT2D eigenvalue weighted by Gasteiger charge is 2.41. The number of hydrogen-bond donors (Lipinski definition) is 0. The zero-order valence-electron chi connectivity index (χ0n) is 27.3. The Morgan fingerprint density at radius 3 is 2.14 bits per heavy atom. The Kier molecular flexibility index (Phi) is 19.4. The molecule has 0 aliphatic carbocycles. The summed E-state index contributed by atoms with van der Waals surface area (Å²) in [6.07, 6.45) is 22.0. The van der Waals surface area contributed by atoms with Crippen molar-refractivity contribution in [3.05, 3.63) is 48.0 Å². The highest BCUT2D eigenvalue weighted by atomic mass is 16.7. The van der Waals surface area contributed by atoms with Crippen LogP contribution in [0.1, 0.15) is 109 Å². The molecule has 1 aromatic rings. The van der Waals surface area contributed by atoms with E-state index in [-0.39, 0.29) is 43.4 Å². The minimum atomic E-state index is -0.132. The Morgan fingerprint density at radius 1 is 0.767 bits per heavy atom. The fourth-order valence-electron chi connectivity index (χ4n) is 6.18. The molecule has 6 atom stereocenters. The molecule has 0 spiro atoms. The molecule has 246 valence electrons. The first kappa shape index (κ1) is 36.2. The molecule has 2 fully saturated rings. The highest BCUT2D eigenvalue weighted by molar-refractivity contribution is 5.13. The molecule has 0 amide bonds. The number of benzene rings is 1. The van der Waals surface area contributed by atoms with Gasteiger partial charge in [0.2, 0.25) is 0 Å². The van der Waals surface area contributed by atoms with E-state index in [0.717, 1.165) is 51.6 Å². The fraction of sp³-hybridized carbons (Fsp3) is 0.778. The van der Waals surface area contributed by atoms with Crippen LogP contribution < -0.4 is 0 Å². The molecule has 2 saturated heterocycles. The first-order valence-corrected chi connectivity index (χ1v) is 17.1. The number of allylic oxidation sites excluding steroid dienone is 1. The largest absolute Gasteiger partial charge is 0.377 e. The molecule has 0 unspecified atom stereocenters. The smallest absolute Gasteiger partial charge is 0.147 e. The molecule has 7 heteroatoms. The lowest BCUT2D eigenvalue weighted by Gasteiger charge is -2.26. The van der Waals surface area contributed by atoms with Crippen LogP contribution in [0, 0.1) is 0 Å². The average Bonchev–Trinajstić information content (AvgIpc) is 3.72. The van der Waals surface area contributed by atoms with Crippen molar-refractivity contribution in [3.63, 3.8) is 0 Å². The molecule has 2 aliphatic heterocycles. The summed E-state index contributed by atoms with van der Waals surface area (Å²) in [5.74, 6) is 0. The zero-order valence-corrected chi connectivity index (χ0v) is 27.3. The third kappa shape index (κ3) is 14.5. The second-order valence-corrected chi connectivity index (χ2v) is 12.1. The molecular weight excluding hydrogens is 544 g/mol. The van der Waals surface area contributed by atoms with Crippen molar-refractivity contribution >= 4 is 0 Å². The summed E-state index contributed by atoms with van der Waals surface area (Å²) in [7, 11) is 3.35. The van der Waals surface area contributed by atoms with Gasteiger partial charge < -0.3 is 33.2 Å². The molecule has 2 aliphatic rings. The van der Waals surface area contributed by atoms with Gasteiger partial charge in [0, 0.05) is 20.8 Å². The van der Waals surface area contributed by atoms with Gasteiger partial charge in [-0.3, -0.25) is 0 Å². The van der Waals surface area contributed by atoms with Gasteiger partial charge in [0.25, 0.3) is 0 Å². The number of ether oxygens (including phenoxy) is 7. The van der Waals surface area contributed by atoms with Crippen molar-refractivity contribution in [1.82, 2.24) is 0 Å². The van der Waals surface area contributed by atoms with Gasteiger partial charge >= 0.3 is 0 Å². The fourth-order valence-corrected chi connectivity index (χ4v) is 6.18. The maximum absolute atomic E-state index is 6.60.